The first-order chi connectivity index (χ1) is 10.6. The Labute approximate surface area is 137 Å². The van der Waals surface area contributed by atoms with E-state index in [1.54, 1.807) is 18.2 Å². The van der Waals surface area contributed by atoms with Crippen LogP contribution in [0.1, 0.15) is 0 Å². The molecule has 110 valence electrons. The number of anilines is 1. The third kappa shape index (κ3) is 2.71. The molecule has 3 rings (SSSR count). The van der Waals surface area contributed by atoms with Crippen molar-refractivity contribution in [3.63, 3.8) is 0 Å². The van der Waals surface area contributed by atoms with Crippen molar-refractivity contribution in [1.82, 2.24) is 9.97 Å². The van der Waals surface area contributed by atoms with Crippen LogP contribution in [0.5, 0.6) is 5.75 Å². The van der Waals surface area contributed by atoms with Crippen LogP contribution in [0.25, 0.3) is 22.5 Å². The van der Waals surface area contributed by atoms with Gasteiger partial charge in [0.05, 0.1) is 21.9 Å². The maximum absolute atomic E-state index is 9.56. The zero-order chi connectivity index (χ0) is 15.7. The van der Waals surface area contributed by atoms with Crippen LogP contribution in [0.4, 0.5) is 5.82 Å². The van der Waals surface area contributed by atoms with E-state index in [9.17, 15) is 5.11 Å². The molecular weight excluding hydrogens is 321 g/mol. The number of hydrogen-bond acceptors (Lipinski definition) is 4. The van der Waals surface area contributed by atoms with Crippen molar-refractivity contribution in [2.45, 2.75) is 0 Å². The van der Waals surface area contributed by atoms with Gasteiger partial charge in [0.1, 0.15) is 17.3 Å². The highest BCUT2D eigenvalue weighted by atomic mass is 35.5. The molecule has 0 amide bonds. The van der Waals surface area contributed by atoms with Crippen molar-refractivity contribution < 1.29 is 5.11 Å². The molecule has 2 aromatic carbocycles. The summed E-state index contributed by atoms with van der Waals surface area (Å²) in [5.41, 5.74) is 8.35. The number of rotatable bonds is 2. The van der Waals surface area contributed by atoms with Crippen LogP contribution in [0.3, 0.4) is 0 Å². The fourth-order valence-electron chi connectivity index (χ4n) is 2.11. The van der Waals surface area contributed by atoms with E-state index in [1.165, 1.54) is 12.3 Å². The molecule has 0 aliphatic rings. The largest absolute Gasteiger partial charge is 0.506 e. The Kier molecular flexibility index (Phi) is 3.88. The lowest BCUT2D eigenvalue weighted by Crippen LogP contribution is -1.98. The molecular formula is C16H11Cl2N3O. The summed E-state index contributed by atoms with van der Waals surface area (Å²) in [5, 5.41) is 10.3. The summed E-state index contributed by atoms with van der Waals surface area (Å²) in [6.45, 7) is 0. The van der Waals surface area contributed by atoms with Crippen molar-refractivity contribution in [3.05, 3.63) is 58.7 Å². The summed E-state index contributed by atoms with van der Waals surface area (Å²) in [5.74, 6) is 0.302. The van der Waals surface area contributed by atoms with Crippen LogP contribution in [-0.2, 0) is 0 Å². The lowest BCUT2D eigenvalue weighted by atomic mass is 10.0. The second-order valence-corrected chi connectivity index (χ2v) is 5.45. The molecule has 3 N–H and O–H groups in total. The summed E-state index contributed by atoms with van der Waals surface area (Å²) >= 11 is 12.2. The van der Waals surface area contributed by atoms with E-state index in [-0.39, 0.29) is 10.8 Å². The molecule has 0 aliphatic heterocycles. The molecule has 0 bridgehead atoms. The smallest absolute Gasteiger partial charge is 0.142 e. The van der Waals surface area contributed by atoms with Gasteiger partial charge in [0.25, 0.3) is 0 Å². The number of nitrogens with two attached hydrogens (primary N) is 1. The molecule has 0 spiro atoms. The number of nitrogens with zero attached hydrogens (tertiary/aromatic N) is 2. The maximum Gasteiger partial charge on any atom is 0.142 e. The first-order valence-electron chi connectivity index (χ1n) is 6.42. The molecule has 0 atom stereocenters. The highest BCUT2D eigenvalue weighted by Gasteiger charge is 2.15. The lowest BCUT2D eigenvalue weighted by Gasteiger charge is -2.11. The van der Waals surface area contributed by atoms with E-state index in [4.69, 9.17) is 28.9 Å². The average Bonchev–Trinajstić information content (AvgIpc) is 2.51. The van der Waals surface area contributed by atoms with Gasteiger partial charge in [-0.2, -0.15) is 0 Å². The van der Waals surface area contributed by atoms with Gasteiger partial charge >= 0.3 is 0 Å². The van der Waals surface area contributed by atoms with Crippen molar-refractivity contribution >= 4 is 29.0 Å². The number of phenols is 1. The molecule has 1 aromatic heterocycles. The Balaban J connectivity index is 2.25. The highest BCUT2D eigenvalue weighted by molar-refractivity contribution is 6.33. The van der Waals surface area contributed by atoms with Crippen molar-refractivity contribution in [2.75, 3.05) is 5.73 Å². The van der Waals surface area contributed by atoms with Crippen LogP contribution < -0.4 is 5.73 Å². The molecule has 0 saturated carbocycles. The molecule has 0 unspecified atom stereocenters. The minimum Gasteiger partial charge on any atom is -0.506 e. The fraction of sp³-hybridized carbons (Fsp3) is 0. The van der Waals surface area contributed by atoms with Crippen molar-refractivity contribution in [3.8, 4) is 28.3 Å². The predicted molar refractivity (Wildman–Crippen MR) is 89.0 cm³/mol. The van der Waals surface area contributed by atoms with Gasteiger partial charge in [-0.3, -0.25) is 4.98 Å². The Morgan fingerprint density at radius 1 is 0.955 bits per heavy atom. The molecule has 0 aliphatic carbocycles. The van der Waals surface area contributed by atoms with Gasteiger partial charge in [0.15, 0.2) is 0 Å². The standard InChI is InChI=1S/C16H11Cl2N3O/c17-11-4-2-1-3-10(11)16-15(20-8-14(19)21-16)9-5-6-13(22)12(18)7-9/h1-8,22H,(H2,19,21). The minimum atomic E-state index is 0.00751. The summed E-state index contributed by atoms with van der Waals surface area (Å²) in [7, 11) is 0. The fourth-order valence-corrected chi connectivity index (χ4v) is 2.52. The van der Waals surface area contributed by atoms with Gasteiger partial charge in [-0.15, -0.1) is 0 Å². The third-order valence-corrected chi connectivity index (χ3v) is 3.77. The molecule has 3 aromatic rings. The van der Waals surface area contributed by atoms with Crippen LogP contribution in [-0.4, -0.2) is 15.1 Å². The Hall–Kier alpha value is -2.30. The van der Waals surface area contributed by atoms with Crippen molar-refractivity contribution in [1.29, 1.82) is 0 Å². The number of nitrogen functional groups attached to an aromatic ring is 1. The Morgan fingerprint density at radius 2 is 1.73 bits per heavy atom. The predicted octanol–water partition coefficient (Wildman–Crippen LogP) is 4.41. The number of halogens is 2. The molecule has 1 heterocycles. The van der Waals surface area contributed by atoms with E-state index in [1.807, 2.05) is 18.2 Å². The van der Waals surface area contributed by atoms with E-state index in [0.29, 0.717) is 27.8 Å². The quantitative estimate of drug-likeness (QED) is 0.729. The minimum absolute atomic E-state index is 0.00751. The Bertz CT molecular complexity index is 853. The molecule has 22 heavy (non-hydrogen) atoms. The highest BCUT2D eigenvalue weighted by Crippen LogP contribution is 2.36. The van der Waals surface area contributed by atoms with Crippen LogP contribution in [0, 0.1) is 0 Å². The van der Waals surface area contributed by atoms with Gasteiger partial charge in [-0.05, 0) is 24.3 Å². The number of hydrogen-bond donors (Lipinski definition) is 2. The van der Waals surface area contributed by atoms with Crippen LogP contribution >= 0.6 is 23.2 Å². The average molecular weight is 332 g/mol. The molecule has 6 heteroatoms. The zero-order valence-corrected chi connectivity index (χ0v) is 12.8. The van der Waals surface area contributed by atoms with Crippen LogP contribution in [0.15, 0.2) is 48.7 Å². The molecule has 4 nitrogen and oxygen atoms in total. The summed E-state index contributed by atoms with van der Waals surface area (Å²) < 4.78 is 0. The topological polar surface area (TPSA) is 72.0 Å². The maximum atomic E-state index is 9.56. The third-order valence-electron chi connectivity index (χ3n) is 3.14. The van der Waals surface area contributed by atoms with E-state index >= 15 is 0 Å². The van der Waals surface area contributed by atoms with E-state index in [2.05, 4.69) is 9.97 Å². The first kappa shape index (κ1) is 14.6. The monoisotopic (exact) mass is 331 g/mol. The SMILES string of the molecule is Nc1cnc(-c2ccc(O)c(Cl)c2)c(-c2ccccc2Cl)n1. The number of aromatic hydroxyl groups is 1. The van der Waals surface area contributed by atoms with Gasteiger partial charge in [-0.1, -0.05) is 41.4 Å². The number of phenolic OH excluding ortho intramolecular Hbond substituents is 1. The lowest BCUT2D eigenvalue weighted by molar-refractivity contribution is 0.475. The van der Waals surface area contributed by atoms with Crippen molar-refractivity contribution in [2.24, 2.45) is 0 Å². The van der Waals surface area contributed by atoms with Gasteiger partial charge in [-0.25, -0.2) is 4.98 Å². The second-order valence-electron chi connectivity index (χ2n) is 4.64. The zero-order valence-electron chi connectivity index (χ0n) is 11.3. The molecule has 0 fully saturated rings. The number of aromatic nitrogens is 2. The molecule has 0 radical (unpaired) electrons. The first-order valence-corrected chi connectivity index (χ1v) is 7.18. The van der Waals surface area contributed by atoms with Crippen LogP contribution in [0.2, 0.25) is 10.0 Å². The van der Waals surface area contributed by atoms with Gasteiger partial charge in [0.2, 0.25) is 0 Å². The molecule has 0 saturated heterocycles. The van der Waals surface area contributed by atoms with Gasteiger partial charge < -0.3 is 10.8 Å². The summed E-state index contributed by atoms with van der Waals surface area (Å²) in [6, 6.07) is 12.2. The summed E-state index contributed by atoms with van der Waals surface area (Å²) in [4.78, 5) is 8.71. The normalized spacial score (nSPS) is 10.6. The van der Waals surface area contributed by atoms with E-state index in [0.717, 1.165) is 5.56 Å². The van der Waals surface area contributed by atoms with E-state index < -0.39 is 0 Å². The summed E-state index contributed by atoms with van der Waals surface area (Å²) in [6.07, 6.45) is 1.47. The Morgan fingerprint density at radius 3 is 2.45 bits per heavy atom. The second kappa shape index (κ2) is 5.83. The van der Waals surface area contributed by atoms with Gasteiger partial charge in [0, 0.05) is 11.1 Å². The number of benzene rings is 2.